The van der Waals surface area contributed by atoms with Crippen molar-refractivity contribution >= 4 is 17.9 Å². The Balaban J connectivity index is 4.17. The standard InChI is InChI=1S/C75H132O6/c1-4-7-10-13-16-19-22-24-26-28-30-31-32-33-34-35-36-37-38-39-40-41-42-43-45-46-48-50-53-56-59-62-65-68-74(77)80-71-72(70-79-73(76)67-64-61-58-55-52-21-18-15-12-9-6-3)81-75(78)69-66-63-60-57-54-51-49-47-44-29-27-25-23-20-17-14-11-8-5-2/h8,11,17,20,25,27-28,30,44,47,51,54,60,63,72H,4-7,9-10,12-16,18-19,21-24,26,29,31-43,45-46,48-50,52-53,55-59,61-62,64-71H2,1-3H3/b11-8-,20-17-,27-25-,30-28-,47-44-,54-51-,63-60-. The van der Waals surface area contributed by atoms with Gasteiger partial charge in [-0.1, -0.05) is 337 Å². The first-order chi connectivity index (χ1) is 40.0. The number of hydrogen-bond donors (Lipinski definition) is 0. The third-order valence-corrected chi connectivity index (χ3v) is 15.4. The maximum absolute atomic E-state index is 12.9. The van der Waals surface area contributed by atoms with Crippen molar-refractivity contribution in [2.75, 3.05) is 13.2 Å². The highest BCUT2D eigenvalue weighted by Gasteiger charge is 2.19. The third-order valence-electron chi connectivity index (χ3n) is 15.4. The molecule has 0 heterocycles. The van der Waals surface area contributed by atoms with Gasteiger partial charge in [-0.2, -0.15) is 0 Å². The van der Waals surface area contributed by atoms with Gasteiger partial charge in [-0.05, 0) is 83.5 Å². The van der Waals surface area contributed by atoms with Gasteiger partial charge in [0.05, 0.1) is 0 Å². The predicted molar refractivity (Wildman–Crippen MR) is 353 cm³/mol. The van der Waals surface area contributed by atoms with Gasteiger partial charge in [0.2, 0.25) is 0 Å². The molecule has 0 bridgehead atoms. The lowest BCUT2D eigenvalue weighted by Gasteiger charge is -2.18. The molecule has 1 unspecified atom stereocenters. The van der Waals surface area contributed by atoms with E-state index in [2.05, 4.69) is 99.8 Å². The zero-order valence-corrected chi connectivity index (χ0v) is 53.8. The van der Waals surface area contributed by atoms with Crippen molar-refractivity contribution in [3.63, 3.8) is 0 Å². The lowest BCUT2D eigenvalue weighted by molar-refractivity contribution is -0.166. The number of ether oxygens (including phenoxy) is 3. The lowest BCUT2D eigenvalue weighted by Crippen LogP contribution is -2.30. The molecule has 0 aromatic rings. The SMILES string of the molecule is CC/C=C\C/C=C\C/C=C\C/C=C\C/C=C\C/C=C\CCC(=O)OC(COC(=O)CCCCCCCCCCCCC)COC(=O)CCCCCCCCCCCCCCCCCCCCCCC/C=C\CCCCCCCCCC. The van der Waals surface area contributed by atoms with Crippen LogP contribution in [0.15, 0.2) is 85.1 Å². The maximum Gasteiger partial charge on any atom is 0.306 e. The molecular formula is C75H132O6. The molecule has 0 rings (SSSR count). The largest absolute Gasteiger partial charge is 0.462 e. The Labute approximate surface area is 503 Å². The molecule has 1 atom stereocenters. The Hall–Kier alpha value is -3.41. The smallest absolute Gasteiger partial charge is 0.306 e. The Bertz CT molecular complexity index is 1530. The van der Waals surface area contributed by atoms with E-state index in [0.29, 0.717) is 19.3 Å². The molecule has 0 aliphatic carbocycles. The van der Waals surface area contributed by atoms with E-state index in [1.54, 1.807) is 0 Å². The molecule has 0 aliphatic rings. The van der Waals surface area contributed by atoms with Crippen LogP contribution in [0.4, 0.5) is 0 Å². The number of carbonyl (C=O) groups excluding carboxylic acids is 3. The van der Waals surface area contributed by atoms with Crippen LogP contribution in [0.2, 0.25) is 0 Å². The topological polar surface area (TPSA) is 78.9 Å². The molecule has 0 radical (unpaired) electrons. The second kappa shape index (κ2) is 69.1. The van der Waals surface area contributed by atoms with Gasteiger partial charge in [0.25, 0.3) is 0 Å². The highest BCUT2D eigenvalue weighted by Crippen LogP contribution is 2.18. The predicted octanol–water partition coefficient (Wildman–Crippen LogP) is 24.2. The summed E-state index contributed by atoms with van der Waals surface area (Å²) in [5.74, 6) is -0.973. The van der Waals surface area contributed by atoms with Crippen LogP contribution in [0.25, 0.3) is 0 Å². The summed E-state index contributed by atoms with van der Waals surface area (Å²) < 4.78 is 16.9. The average molecular weight is 1130 g/mol. The zero-order valence-electron chi connectivity index (χ0n) is 53.8. The first kappa shape index (κ1) is 77.6. The lowest BCUT2D eigenvalue weighted by atomic mass is 10.0. The fourth-order valence-corrected chi connectivity index (χ4v) is 10.2. The van der Waals surface area contributed by atoms with Gasteiger partial charge in [-0.25, -0.2) is 0 Å². The Kier molecular flexibility index (Phi) is 66.2. The Morgan fingerprint density at radius 2 is 0.506 bits per heavy atom. The van der Waals surface area contributed by atoms with E-state index in [1.807, 2.05) is 6.08 Å². The van der Waals surface area contributed by atoms with E-state index in [9.17, 15) is 14.4 Å². The molecule has 6 heteroatoms. The van der Waals surface area contributed by atoms with Crippen molar-refractivity contribution in [2.24, 2.45) is 0 Å². The fourth-order valence-electron chi connectivity index (χ4n) is 10.2. The van der Waals surface area contributed by atoms with E-state index in [1.165, 1.54) is 231 Å². The van der Waals surface area contributed by atoms with Crippen LogP contribution in [0.3, 0.4) is 0 Å². The van der Waals surface area contributed by atoms with Crippen LogP contribution in [0.1, 0.15) is 355 Å². The summed E-state index contributed by atoms with van der Waals surface area (Å²) in [7, 11) is 0. The van der Waals surface area contributed by atoms with Gasteiger partial charge in [-0.15, -0.1) is 0 Å². The summed E-state index contributed by atoms with van der Waals surface area (Å²) in [6.45, 7) is 6.50. The van der Waals surface area contributed by atoms with Gasteiger partial charge in [0.1, 0.15) is 13.2 Å². The van der Waals surface area contributed by atoms with Crippen molar-refractivity contribution in [3.05, 3.63) is 85.1 Å². The van der Waals surface area contributed by atoms with Crippen LogP contribution in [-0.2, 0) is 28.6 Å². The Morgan fingerprint density at radius 1 is 0.259 bits per heavy atom. The molecule has 6 nitrogen and oxygen atoms in total. The summed E-state index contributed by atoms with van der Waals surface area (Å²) in [6, 6.07) is 0. The monoisotopic (exact) mass is 1130 g/mol. The van der Waals surface area contributed by atoms with Crippen LogP contribution in [-0.4, -0.2) is 37.2 Å². The molecule has 0 saturated carbocycles. The van der Waals surface area contributed by atoms with Crippen molar-refractivity contribution in [3.8, 4) is 0 Å². The van der Waals surface area contributed by atoms with Crippen molar-refractivity contribution in [2.45, 2.75) is 361 Å². The molecule has 0 aromatic heterocycles. The summed E-state index contributed by atoms with van der Waals surface area (Å²) >= 11 is 0. The maximum atomic E-state index is 12.9. The number of esters is 3. The molecular weight excluding hydrogens is 997 g/mol. The van der Waals surface area contributed by atoms with Gasteiger partial charge < -0.3 is 14.2 Å². The van der Waals surface area contributed by atoms with Crippen molar-refractivity contribution < 1.29 is 28.6 Å². The second-order valence-corrected chi connectivity index (χ2v) is 23.4. The molecule has 0 aromatic carbocycles. The number of hydrogen-bond acceptors (Lipinski definition) is 6. The average Bonchev–Trinajstić information content (AvgIpc) is 3.47. The minimum Gasteiger partial charge on any atom is -0.462 e. The third kappa shape index (κ3) is 67.3. The molecule has 0 amide bonds. The molecule has 0 aliphatic heterocycles. The molecule has 0 saturated heterocycles. The van der Waals surface area contributed by atoms with Gasteiger partial charge in [0.15, 0.2) is 6.10 Å². The summed E-state index contributed by atoms with van der Waals surface area (Å²) in [5.41, 5.74) is 0. The number of allylic oxidation sites excluding steroid dienone is 14. The van der Waals surface area contributed by atoms with Crippen molar-refractivity contribution in [1.82, 2.24) is 0 Å². The number of unbranched alkanes of at least 4 members (excludes halogenated alkanes) is 39. The molecule has 0 spiro atoms. The molecule has 468 valence electrons. The van der Waals surface area contributed by atoms with E-state index >= 15 is 0 Å². The van der Waals surface area contributed by atoms with Crippen LogP contribution in [0, 0.1) is 0 Å². The van der Waals surface area contributed by atoms with Gasteiger partial charge in [0, 0.05) is 19.3 Å². The summed E-state index contributed by atoms with van der Waals surface area (Å²) in [6.07, 6.45) is 92.2. The van der Waals surface area contributed by atoms with E-state index in [-0.39, 0.29) is 37.5 Å². The Morgan fingerprint density at radius 3 is 0.802 bits per heavy atom. The molecule has 0 fully saturated rings. The van der Waals surface area contributed by atoms with Crippen molar-refractivity contribution in [1.29, 1.82) is 0 Å². The minimum atomic E-state index is -0.815. The highest BCUT2D eigenvalue weighted by atomic mass is 16.6. The van der Waals surface area contributed by atoms with E-state index in [4.69, 9.17) is 14.2 Å². The van der Waals surface area contributed by atoms with Crippen LogP contribution >= 0.6 is 0 Å². The van der Waals surface area contributed by atoms with E-state index in [0.717, 1.165) is 77.0 Å². The highest BCUT2D eigenvalue weighted by molar-refractivity contribution is 5.71. The summed E-state index contributed by atoms with van der Waals surface area (Å²) in [5, 5.41) is 0. The first-order valence-corrected chi connectivity index (χ1v) is 35.1. The number of rotatable bonds is 64. The second-order valence-electron chi connectivity index (χ2n) is 23.4. The fraction of sp³-hybridized carbons (Fsp3) is 0.773. The molecule has 81 heavy (non-hydrogen) atoms. The molecule has 0 N–H and O–H groups in total. The first-order valence-electron chi connectivity index (χ1n) is 35.1. The van der Waals surface area contributed by atoms with Gasteiger partial charge >= 0.3 is 17.9 Å². The normalized spacial score (nSPS) is 12.6. The van der Waals surface area contributed by atoms with E-state index < -0.39 is 6.10 Å². The zero-order chi connectivity index (χ0) is 58.5. The van der Waals surface area contributed by atoms with Crippen LogP contribution in [0.5, 0.6) is 0 Å². The quantitative estimate of drug-likeness (QED) is 0.0261. The number of carbonyl (C=O) groups is 3. The van der Waals surface area contributed by atoms with Gasteiger partial charge in [-0.3, -0.25) is 14.4 Å². The summed E-state index contributed by atoms with van der Waals surface area (Å²) in [4.78, 5) is 38.3. The van der Waals surface area contributed by atoms with Crippen LogP contribution < -0.4 is 0 Å². The minimum absolute atomic E-state index is 0.103.